The van der Waals surface area contributed by atoms with E-state index in [9.17, 15) is 10.2 Å². The molecule has 1 aliphatic heterocycles. The molecular weight excluding hydrogens is 274 g/mol. The summed E-state index contributed by atoms with van der Waals surface area (Å²) in [6.07, 6.45) is 2.17. The highest BCUT2D eigenvalue weighted by atomic mass is 16.3. The van der Waals surface area contributed by atoms with Crippen molar-refractivity contribution in [2.24, 2.45) is 0 Å². The summed E-state index contributed by atoms with van der Waals surface area (Å²) in [5.74, 6) is 0. The van der Waals surface area contributed by atoms with Crippen LogP contribution in [0.3, 0.4) is 0 Å². The third kappa shape index (κ3) is 2.13. The zero-order chi connectivity index (χ0) is 15.1. The number of aryl methyl sites for hydroxylation is 2. The first-order valence-corrected chi connectivity index (χ1v) is 8.07. The van der Waals surface area contributed by atoms with E-state index in [1.54, 1.807) is 0 Å². The van der Waals surface area contributed by atoms with Crippen LogP contribution >= 0.6 is 0 Å². The zero-order valence-electron chi connectivity index (χ0n) is 12.5. The van der Waals surface area contributed by atoms with Crippen molar-refractivity contribution in [1.29, 1.82) is 0 Å². The van der Waals surface area contributed by atoms with Crippen LogP contribution in [0.5, 0.6) is 0 Å². The molecule has 3 heteroatoms. The quantitative estimate of drug-likeness (QED) is 0.850. The Balaban J connectivity index is 1.88. The van der Waals surface area contributed by atoms with Crippen LogP contribution in [-0.2, 0) is 12.8 Å². The minimum Gasteiger partial charge on any atom is -0.390 e. The fourth-order valence-electron chi connectivity index (χ4n) is 3.89. The van der Waals surface area contributed by atoms with Gasteiger partial charge < -0.3 is 15.1 Å². The number of benzene rings is 2. The smallest absolute Gasteiger partial charge is 0.101 e. The van der Waals surface area contributed by atoms with E-state index in [-0.39, 0.29) is 6.04 Å². The molecule has 0 aromatic heterocycles. The predicted octanol–water partition coefficient (Wildman–Crippen LogP) is 2.81. The summed E-state index contributed by atoms with van der Waals surface area (Å²) >= 11 is 0. The molecule has 2 aromatic rings. The second-order valence-corrected chi connectivity index (χ2v) is 6.33. The molecule has 3 atom stereocenters. The first kappa shape index (κ1) is 13.8. The second kappa shape index (κ2) is 5.41. The topological polar surface area (TPSA) is 43.7 Å². The minimum absolute atomic E-state index is 0.0598. The van der Waals surface area contributed by atoms with E-state index >= 15 is 0 Å². The van der Waals surface area contributed by atoms with Crippen molar-refractivity contribution in [2.45, 2.75) is 43.9 Å². The maximum atomic E-state index is 10.5. The highest BCUT2D eigenvalue weighted by Crippen LogP contribution is 2.41. The molecular formula is C19H21NO2. The van der Waals surface area contributed by atoms with Gasteiger partial charge in [0.25, 0.3) is 0 Å². The van der Waals surface area contributed by atoms with Crippen molar-refractivity contribution in [3.8, 4) is 0 Å². The number of para-hydroxylation sites is 2. The minimum atomic E-state index is -0.695. The Labute approximate surface area is 130 Å². The number of anilines is 2. The Kier molecular flexibility index (Phi) is 3.40. The Morgan fingerprint density at radius 2 is 1.32 bits per heavy atom. The number of hydrogen-bond donors (Lipinski definition) is 2. The summed E-state index contributed by atoms with van der Waals surface area (Å²) in [7, 11) is 0. The predicted molar refractivity (Wildman–Crippen MR) is 87.5 cm³/mol. The molecule has 2 aromatic carbocycles. The van der Waals surface area contributed by atoms with E-state index < -0.39 is 12.2 Å². The number of aliphatic hydroxyl groups excluding tert-OH is 2. The lowest BCUT2D eigenvalue weighted by atomic mass is 10.0. The first-order chi connectivity index (χ1) is 10.8. The lowest BCUT2D eigenvalue weighted by Crippen LogP contribution is -2.41. The number of hydrogen-bond acceptors (Lipinski definition) is 3. The molecule has 0 spiro atoms. The second-order valence-electron chi connectivity index (χ2n) is 6.33. The maximum Gasteiger partial charge on any atom is 0.101 e. The van der Waals surface area contributed by atoms with Crippen LogP contribution in [0.2, 0.25) is 0 Å². The number of aliphatic hydroxyl groups is 2. The summed E-state index contributed by atoms with van der Waals surface area (Å²) < 4.78 is 0. The SMILES string of the molecule is O[C@@H]1[C@H](O)CC[C@H]1N1c2ccccc2CCc2ccccc21. The summed E-state index contributed by atoms with van der Waals surface area (Å²) in [5, 5.41) is 20.4. The normalized spacial score (nSPS) is 27.2. The van der Waals surface area contributed by atoms with Crippen molar-refractivity contribution in [1.82, 2.24) is 0 Å². The van der Waals surface area contributed by atoms with Gasteiger partial charge in [-0.2, -0.15) is 0 Å². The molecule has 0 radical (unpaired) electrons. The molecule has 2 N–H and O–H groups in total. The molecule has 0 unspecified atom stereocenters. The van der Waals surface area contributed by atoms with Crippen LogP contribution in [0.25, 0.3) is 0 Å². The molecule has 1 fully saturated rings. The molecule has 1 saturated carbocycles. The van der Waals surface area contributed by atoms with Gasteiger partial charge in [0.05, 0.1) is 12.1 Å². The lowest BCUT2D eigenvalue weighted by Gasteiger charge is -2.35. The fraction of sp³-hybridized carbons (Fsp3) is 0.368. The molecule has 4 rings (SSSR count). The van der Waals surface area contributed by atoms with E-state index in [4.69, 9.17) is 0 Å². The molecule has 114 valence electrons. The van der Waals surface area contributed by atoms with Crippen LogP contribution in [-0.4, -0.2) is 28.5 Å². The molecule has 1 heterocycles. The highest BCUT2D eigenvalue weighted by molar-refractivity contribution is 5.72. The average Bonchev–Trinajstić information content (AvgIpc) is 2.80. The van der Waals surface area contributed by atoms with Crippen molar-refractivity contribution >= 4 is 11.4 Å². The summed E-state index contributed by atoms with van der Waals surface area (Å²) in [6.45, 7) is 0. The molecule has 3 nitrogen and oxygen atoms in total. The largest absolute Gasteiger partial charge is 0.390 e. The van der Waals surface area contributed by atoms with Gasteiger partial charge in [0, 0.05) is 11.4 Å². The number of rotatable bonds is 1. The third-order valence-electron chi connectivity index (χ3n) is 5.04. The summed E-state index contributed by atoms with van der Waals surface area (Å²) in [6, 6.07) is 16.8. The monoisotopic (exact) mass is 295 g/mol. The Morgan fingerprint density at radius 1 is 0.773 bits per heavy atom. The van der Waals surface area contributed by atoms with Gasteiger partial charge in [-0.3, -0.25) is 0 Å². The van der Waals surface area contributed by atoms with Gasteiger partial charge in [-0.25, -0.2) is 0 Å². The van der Waals surface area contributed by atoms with E-state index in [2.05, 4.69) is 53.4 Å². The standard InChI is InChI=1S/C19H21NO2/c21-18-12-11-17(19(18)22)20-15-7-3-1-5-13(15)9-10-14-6-2-4-8-16(14)20/h1-8,17-19,21-22H,9-12H2/t17-,18-,19+/m1/s1. The average molecular weight is 295 g/mol. The summed E-state index contributed by atoms with van der Waals surface area (Å²) in [4.78, 5) is 2.26. The molecule has 0 bridgehead atoms. The Bertz CT molecular complexity index is 637. The van der Waals surface area contributed by atoms with Crippen LogP contribution in [0, 0.1) is 0 Å². The fourth-order valence-corrected chi connectivity index (χ4v) is 3.89. The molecule has 0 amide bonds. The van der Waals surface area contributed by atoms with Gasteiger partial charge in [0.1, 0.15) is 6.10 Å². The van der Waals surface area contributed by atoms with Crippen molar-refractivity contribution in [2.75, 3.05) is 4.90 Å². The number of fused-ring (bicyclic) bond motifs is 2. The van der Waals surface area contributed by atoms with Gasteiger partial charge in [-0.15, -0.1) is 0 Å². The third-order valence-corrected chi connectivity index (χ3v) is 5.04. The Hall–Kier alpha value is -1.84. The van der Waals surface area contributed by atoms with Gasteiger partial charge >= 0.3 is 0 Å². The van der Waals surface area contributed by atoms with Gasteiger partial charge in [-0.1, -0.05) is 36.4 Å². The van der Waals surface area contributed by atoms with Crippen LogP contribution in [0.15, 0.2) is 48.5 Å². The van der Waals surface area contributed by atoms with E-state index in [0.29, 0.717) is 6.42 Å². The van der Waals surface area contributed by atoms with Crippen molar-refractivity contribution in [3.63, 3.8) is 0 Å². The summed E-state index contributed by atoms with van der Waals surface area (Å²) in [5.41, 5.74) is 4.97. The van der Waals surface area contributed by atoms with Gasteiger partial charge in [0.2, 0.25) is 0 Å². The van der Waals surface area contributed by atoms with Gasteiger partial charge in [-0.05, 0) is 48.9 Å². The van der Waals surface area contributed by atoms with E-state index in [1.165, 1.54) is 22.5 Å². The lowest BCUT2D eigenvalue weighted by molar-refractivity contribution is 0.0364. The van der Waals surface area contributed by atoms with E-state index in [0.717, 1.165) is 19.3 Å². The van der Waals surface area contributed by atoms with E-state index in [1.807, 2.05) is 0 Å². The van der Waals surface area contributed by atoms with Crippen LogP contribution < -0.4 is 4.90 Å². The Morgan fingerprint density at radius 3 is 1.82 bits per heavy atom. The first-order valence-electron chi connectivity index (χ1n) is 8.07. The molecule has 2 aliphatic rings. The van der Waals surface area contributed by atoms with Gasteiger partial charge in [0.15, 0.2) is 0 Å². The molecule has 0 saturated heterocycles. The van der Waals surface area contributed by atoms with Crippen molar-refractivity contribution in [3.05, 3.63) is 59.7 Å². The maximum absolute atomic E-state index is 10.5. The van der Waals surface area contributed by atoms with Crippen molar-refractivity contribution < 1.29 is 10.2 Å². The molecule has 1 aliphatic carbocycles. The zero-order valence-corrected chi connectivity index (χ0v) is 12.5. The van der Waals surface area contributed by atoms with Crippen LogP contribution in [0.1, 0.15) is 24.0 Å². The van der Waals surface area contributed by atoms with Crippen LogP contribution in [0.4, 0.5) is 11.4 Å². The highest BCUT2D eigenvalue weighted by Gasteiger charge is 2.39. The number of nitrogens with zero attached hydrogens (tertiary/aromatic N) is 1. The molecule has 22 heavy (non-hydrogen) atoms.